The molecule has 2 aliphatic heterocycles. The lowest BCUT2D eigenvalue weighted by atomic mass is 9.86. The van der Waals surface area contributed by atoms with Gasteiger partial charge in [0.1, 0.15) is 0 Å². The van der Waals surface area contributed by atoms with Gasteiger partial charge in [-0.1, -0.05) is 13.3 Å². The minimum absolute atomic E-state index is 0.948. The Morgan fingerprint density at radius 2 is 1.92 bits per heavy atom. The number of rotatable bonds is 3. The van der Waals surface area contributed by atoms with E-state index < -0.39 is 0 Å². The van der Waals surface area contributed by atoms with E-state index in [1.165, 1.54) is 52.0 Å². The van der Waals surface area contributed by atoms with Crippen LogP contribution in [0.2, 0.25) is 0 Å². The molecule has 0 aromatic rings. The molecule has 1 N–H and O–H groups in total. The second kappa shape index (κ2) is 4.43. The smallest absolute Gasteiger partial charge is 0.00220 e. The van der Waals surface area contributed by atoms with Gasteiger partial charge in [0.2, 0.25) is 0 Å². The lowest BCUT2D eigenvalue weighted by Gasteiger charge is -2.41. The number of nitrogens with one attached hydrogen (secondary N) is 1. The van der Waals surface area contributed by atoms with Gasteiger partial charge < -0.3 is 10.2 Å². The molecule has 2 saturated heterocycles. The summed E-state index contributed by atoms with van der Waals surface area (Å²) in [7, 11) is 0. The van der Waals surface area contributed by atoms with Crippen LogP contribution in [0.1, 0.15) is 26.2 Å². The van der Waals surface area contributed by atoms with Crippen LogP contribution in [0.5, 0.6) is 0 Å². The average Bonchev–Trinajstić information content (AvgIpc) is 2.14. The maximum absolute atomic E-state index is 3.54. The van der Waals surface area contributed by atoms with Crippen molar-refractivity contribution in [2.24, 2.45) is 11.8 Å². The summed E-state index contributed by atoms with van der Waals surface area (Å²) in [5, 5.41) is 3.54. The second-order valence-corrected chi connectivity index (χ2v) is 4.74. The molecule has 0 aliphatic carbocycles. The van der Waals surface area contributed by atoms with E-state index in [9.17, 15) is 0 Å². The standard InChI is InChI=1S/C11H22N2/c1-2-3-4-13-8-10-5-11(9-13)7-12-6-10/h10-12H,2-9H2,1H3. The van der Waals surface area contributed by atoms with Crippen molar-refractivity contribution in [1.29, 1.82) is 0 Å². The largest absolute Gasteiger partial charge is 0.316 e. The fourth-order valence-electron chi connectivity index (χ4n) is 2.78. The van der Waals surface area contributed by atoms with Crippen LogP contribution in [0.25, 0.3) is 0 Å². The zero-order valence-corrected chi connectivity index (χ0v) is 8.76. The molecule has 76 valence electrons. The molecule has 0 radical (unpaired) electrons. The molecule has 0 saturated carbocycles. The van der Waals surface area contributed by atoms with Gasteiger partial charge in [0.05, 0.1) is 0 Å². The predicted octanol–water partition coefficient (Wildman–Crippen LogP) is 1.33. The number of likely N-dealkylation sites (tertiary alicyclic amines) is 1. The predicted molar refractivity (Wildman–Crippen MR) is 55.8 cm³/mol. The fourth-order valence-corrected chi connectivity index (χ4v) is 2.78. The quantitative estimate of drug-likeness (QED) is 0.708. The van der Waals surface area contributed by atoms with Crippen LogP contribution in [-0.2, 0) is 0 Å². The first-order valence-electron chi connectivity index (χ1n) is 5.81. The van der Waals surface area contributed by atoms with Gasteiger partial charge in [-0.25, -0.2) is 0 Å². The highest BCUT2D eigenvalue weighted by Crippen LogP contribution is 2.24. The van der Waals surface area contributed by atoms with Gasteiger partial charge >= 0.3 is 0 Å². The zero-order chi connectivity index (χ0) is 9.10. The lowest BCUT2D eigenvalue weighted by Crippen LogP contribution is -2.51. The minimum Gasteiger partial charge on any atom is -0.316 e. The van der Waals surface area contributed by atoms with Gasteiger partial charge in [0.15, 0.2) is 0 Å². The number of nitrogens with zero attached hydrogens (tertiary/aromatic N) is 1. The summed E-state index contributed by atoms with van der Waals surface area (Å²) in [5.74, 6) is 1.90. The molecule has 2 rings (SSSR count). The Morgan fingerprint density at radius 3 is 2.54 bits per heavy atom. The van der Waals surface area contributed by atoms with E-state index in [-0.39, 0.29) is 0 Å². The molecule has 2 atom stereocenters. The molecule has 2 heterocycles. The van der Waals surface area contributed by atoms with Crippen molar-refractivity contribution in [2.45, 2.75) is 26.2 Å². The highest BCUT2D eigenvalue weighted by atomic mass is 15.2. The Labute approximate surface area is 81.7 Å². The van der Waals surface area contributed by atoms with Crippen LogP contribution in [0.3, 0.4) is 0 Å². The Balaban J connectivity index is 1.80. The molecule has 0 spiro atoms. The van der Waals surface area contributed by atoms with E-state index in [4.69, 9.17) is 0 Å². The van der Waals surface area contributed by atoms with Gasteiger partial charge in [0.25, 0.3) is 0 Å². The summed E-state index contributed by atoms with van der Waals surface area (Å²) in [5.41, 5.74) is 0. The first-order valence-corrected chi connectivity index (χ1v) is 5.81. The molecule has 0 aromatic carbocycles. The van der Waals surface area contributed by atoms with Crippen LogP contribution in [-0.4, -0.2) is 37.6 Å². The molecule has 2 aliphatic rings. The molecule has 0 aromatic heterocycles. The first kappa shape index (κ1) is 9.47. The lowest BCUT2D eigenvalue weighted by molar-refractivity contribution is 0.0963. The van der Waals surface area contributed by atoms with Crippen molar-refractivity contribution >= 4 is 0 Å². The third kappa shape index (κ3) is 2.44. The number of hydrogen-bond donors (Lipinski definition) is 1. The SMILES string of the molecule is CCCCN1CC2CNCC(C2)C1. The number of piperidine rings is 2. The van der Waals surface area contributed by atoms with Crippen molar-refractivity contribution < 1.29 is 0 Å². The molecule has 0 amide bonds. The van der Waals surface area contributed by atoms with Crippen molar-refractivity contribution in [3.63, 3.8) is 0 Å². The van der Waals surface area contributed by atoms with Crippen molar-refractivity contribution in [2.75, 3.05) is 32.7 Å². The molecule has 2 nitrogen and oxygen atoms in total. The van der Waals surface area contributed by atoms with Gasteiger partial charge in [-0.15, -0.1) is 0 Å². The highest BCUT2D eigenvalue weighted by Gasteiger charge is 2.29. The molecule has 2 heteroatoms. The van der Waals surface area contributed by atoms with Crippen molar-refractivity contribution in [1.82, 2.24) is 10.2 Å². The van der Waals surface area contributed by atoms with E-state index in [0.29, 0.717) is 0 Å². The Morgan fingerprint density at radius 1 is 1.23 bits per heavy atom. The van der Waals surface area contributed by atoms with Crippen LogP contribution < -0.4 is 5.32 Å². The summed E-state index contributed by atoms with van der Waals surface area (Å²) >= 11 is 0. The summed E-state index contributed by atoms with van der Waals surface area (Å²) in [6.45, 7) is 8.85. The van der Waals surface area contributed by atoms with E-state index in [0.717, 1.165) is 11.8 Å². The number of hydrogen-bond acceptors (Lipinski definition) is 2. The first-order chi connectivity index (χ1) is 6.38. The topological polar surface area (TPSA) is 15.3 Å². The Bertz CT molecular complexity index is 146. The van der Waals surface area contributed by atoms with Gasteiger partial charge in [-0.3, -0.25) is 0 Å². The zero-order valence-electron chi connectivity index (χ0n) is 8.76. The van der Waals surface area contributed by atoms with Crippen molar-refractivity contribution in [3.05, 3.63) is 0 Å². The maximum atomic E-state index is 3.54. The third-order valence-electron chi connectivity index (χ3n) is 3.39. The van der Waals surface area contributed by atoms with Crippen LogP contribution in [0.15, 0.2) is 0 Å². The monoisotopic (exact) mass is 182 g/mol. The van der Waals surface area contributed by atoms with E-state index >= 15 is 0 Å². The van der Waals surface area contributed by atoms with Gasteiger partial charge in [0, 0.05) is 13.1 Å². The number of unbranched alkanes of at least 4 members (excludes halogenated alkanes) is 1. The summed E-state index contributed by atoms with van der Waals surface area (Å²) in [6, 6.07) is 0. The fraction of sp³-hybridized carbons (Fsp3) is 1.00. The summed E-state index contributed by atoms with van der Waals surface area (Å²) in [4.78, 5) is 2.68. The van der Waals surface area contributed by atoms with Crippen molar-refractivity contribution in [3.8, 4) is 0 Å². The molecular weight excluding hydrogens is 160 g/mol. The number of fused-ring (bicyclic) bond motifs is 2. The van der Waals surface area contributed by atoms with Crippen LogP contribution >= 0.6 is 0 Å². The van der Waals surface area contributed by atoms with E-state index in [1.807, 2.05) is 0 Å². The van der Waals surface area contributed by atoms with Gasteiger partial charge in [-0.2, -0.15) is 0 Å². The summed E-state index contributed by atoms with van der Waals surface area (Å²) in [6.07, 6.45) is 4.20. The molecule has 2 bridgehead atoms. The normalized spacial score (nSPS) is 34.8. The van der Waals surface area contributed by atoms with Crippen LogP contribution in [0, 0.1) is 11.8 Å². The third-order valence-corrected chi connectivity index (χ3v) is 3.39. The van der Waals surface area contributed by atoms with E-state index in [2.05, 4.69) is 17.1 Å². The average molecular weight is 182 g/mol. The second-order valence-electron chi connectivity index (χ2n) is 4.74. The molecule has 2 fully saturated rings. The Kier molecular flexibility index (Phi) is 3.23. The molecule has 2 unspecified atom stereocenters. The molecular formula is C11H22N2. The summed E-state index contributed by atoms with van der Waals surface area (Å²) < 4.78 is 0. The Hall–Kier alpha value is -0.0800. The van der Waals surface area contributed by atoms with Gasteiger partial charge in [-0.05, 0) is 44.3 Å². The minimum atomic E-state index is 0.948. The maximum Gasteiger partial charge on any atom is 0.00220 e. The molecule has 13 heavy (non-hydrogen) atoms. The van der Waals surface area contributed by atoms with Crippen LogP contribution in [0.4, 0.5) is 0 Å². The highest BCUT2D eigenvalue weighted by molar-refractivity contribution is 4.85. The van der Waals surface area contributed by atoms with E-state index in [1.54, 1.807) is 0 Å².